The van der Waals surface area contributed by atoms with Crippen molar-refractivity contribution in [3.05, 3.63) is 26.4 Å². The second-order valence-corrected chi connectivity index (χ2v) is 2.47. The maximum absolute atomic E-state index is 8.36. The average Bonchev–Trinajstić information content (AvgIpc) is 2.39. The van der Waals surface area contributed by atoms with E-state index in [2.05, 4.69) is 0 Å². The first-order valence-corrected chi connectivity index (χ1v) is 5.19. The van der Waals surface area contributed by atoms with Gasteiger partial charge in [0.1, 0.15) is 0 Å². The number of rotatable bonds is 10. The highest BCUT2D eigenvalue weighted by molar-refractivity contribution is 4.36. The van der Waals surface area contributed by atoms with Crippen LogP contribution in [0.3, 0.4) is 0 Å². The Labute approximate surface area is 110 Å². The van der Waals surface area contributed by atoms with Crippen molar-refractivity contribution in [2.75, 3.05) is 52.9 Å². The first-order valence-electron chi connectivity index (χ1n) is 5.19. The average molecular weight is 279 g/mol. The van der Waals surface area contributed by atoms with Crippen LogP contribution in [0, 0.1) is 5.53 Å². The summed E-state index contributed by atoms with van der Waals surface area (Å²) in [7, 11) is 0. The zero-order valence-corrected chi connectivity index (χ0v) is 10.5. The quantitative estimate of drug-likeness (QED) is 0.230. The molecule has 112 valence electrons. The normalized spacial score (nSPS) is 8.11. The Morgan fingerprint density at radius 1 is 0.737 bits per heavy atom. The largest absolute Gasteiger partial charge is 0.394 e. The molecule has 0 amide bonds. The number of ether oxygens (including phenoxy) is 3. The molecule has 0 spiro atoms. The Bertz CT molecular complexity index is 196. The monoisotopic (exact) mass is 279 g/mol. The number of aliphatic hydroxyl groups is 2. The van der Waals surface area contributed by atoms with Crippen molar-refractivity contribution in [3.8, 4) is 0 Å². The highest BCUT2D eigenvalue weighted by atomic mass is 16.5. The van der Waals surface area contributed by atoms with Crippen molar-refractivity contribution < 1.29 is 24.4 Å². The molecule has 0 radical (unpaired) electrons. The topological polar surface area (TPSA) is 187 Å². The molecule has 0 unspecified atom stereocenters. The fraction of sp³-hybridized carbons (Fsp3) is 1.00. The third-order valence-electron chi connectivity index (χ3n) is 1.22. The fourth-order valence-electron chi connectivity index (χ4n) is 0.671. The molecule has 11 nitrogen and oxygen atoms in total. The molecule has 0 atom stereocenters. The first-order chi connectivity index (χ1) is 9.24. The lowest BCUT2D eigenvalue weighted by atomic mass is 10.7. The molecule has 0 aliphatic rings. The van der Waals surface area contributed by atoms with Gasteiger partial charge in [0.2, 0.25) is 0 Å². The number of hydrogen-bond donors (Lipinski definition) is 3. The molecule has 0 aromatic carbocycles. The van der Waals surface area contributed by atoms with Gasteiger partial charge in [-0.05, 0) is 10.4 Å². The molecule has 0 aromatic heterocycles. The minimum Gasteiger partial charge on any atom is -0.394 e. The van der Waals surface area contributed by atoms with E-state index in [1.165, 1.54) is 4.91 Å². The molecule has 0 heterocycles. The standard InChI is InChI=1S/C8H18O5.HN3.N3/c9-1-3-11-5-7-13-8-6-12-4-2-10;2*1-3-2/h9-10H,1-8H2;1H;/q;;-1. The predicted molar refractivity (Wildman–Crippen MR) is 66.1 cm³/mol. The maximum atomic E-state index is 8.36. The molecule has 0 aliphatic carbocycles. The van der Waals surface area contributed by atoms with Gasteiger partial charge in [-0.15, -0.1) is 5.53 Å². The lowest BCUT2D eigenvalue weighted by Gasteiger charge is -2.04. The molecule has 0 rings (SSSR count). The van der Waals surface area contributed by atoms with E-state index in [-0.39, 0.29) is 13.2 Å². The Morgan fingerprint density at radius 2 is 0.947 bits per heavy atom. The second-order valence-electron chi connectivity index (χ2n) is 2.47. The van der Waals surface area contributed by atoms with E-state index in [0.29, 0.717) is 39.6 Å². The van der Waals surface area contributed by atoms with Crippen LogP contribution < -0.4 is 0 Å². The smallest absolute Gasteiger partial charge is 0.0701 e. The molecule has 11 heteroatoms. The molecule has 0 aromatic rings. The van der Waals surface area contributed by atoms with Gasteiger partial charge < -0.3 is 35.5 Å². The van der Waals surface area contributed by atoms with Crippen molar-refractivity contribution in [1.29, 1.82) is 5.53 Å². The molecular formula is C8H19N6O5-. The van der Waals surface area contributed by atoms with Gasteiger partial charge in [0, 0.05) is 0 Å². The Hall–Kier alpha value is -1.58. The van der Waals surface area contributed by atoms with Crippen LogP contribution in [0.2, 0.25) is 0 Å². The first kappa shape index (κ1) is 22.6. The SMILES string of the molecule is OCCOCCOCCOCCO.[N-]=[N+]=N.[N-]=[N+]=[N-]. The number of nitrogens with one attached hydrogen (secondary N) is 1. The summed E-state index contributed by atoms with van der Waals surface area (Å²) in [5.74, 6) is 0. The van der Waals surface area contributed by atoms with Crippen molar-refractivity contribution in [1.82, 2.24) is 0 Å². The van der Waals surface area contributed by atoms with E-state index < -0.39 is 0 Å². The second kappa shape index (κ2) is 29.9. The van der Waals surface area contributed by atoms with Gasteiger partial charge in [-0.1, -0.05) is 0 Å². The molecule has 19 heavy (non-hydrogen) atoms. The highest BCUT2D eigenvalue weighted by Gasteiger charge is 1.89. The zero-order valence-electron chi connectivity index (χ0n) is 10.5. The summed E-state index contributed by atoms with van der Waals surface area (Å²) in [6, 6.07) is 0. The van der Waals surface area contributed by atoms with Crippen LogP contribution >= 0.6 is 0 Å². The predicted octanol–water partition coefficient (Wildman–Crippen LogP) is 0.762. The third kappa shape index (κ3) is 48.2. The number of hydrogen-bond acceptors (Lipinski definition) is 6. The lowest BCUT2D eigenvalue weighted by molar-refractivity contribution is 0.00230. The van der Waals surface area contributed by atoms with E-state index >= 15 is 0 Å². The van der Waals surface area contributed by atoms with Gasteiger partial charge in [-0.25, -0.2) is 0 Å². The summed E-state index contributed by atoms with van der Waals surface area (Å²) in [4.78, 5) is 3.25. The summed E-state index contributed by atoms with van der Waals surface area (Å²) < 4.78 is 15.0. The summed E-state index contributed by atoms with van der Waals surface area (Å²) >= 11 is 0. The van der Waals surface area contributed by atoms with E-state index in [4.69, 9.17) is 46.5 Å². The molecule has 0 aliphatic heterocycles. The summed E-state index contributed by atoms with van der Waals surface area (Å²) in [6.07, 6.45) is 0. The van der Waals surface area contributed by atoms with Crippen LogP contribution in [0.5, 0.6) is 0 Å². The third-order valence-corrected chi connectivity index (χ3v) is 1.22. The van der Waals surface area contributed by atoms with Crippen molar-refractivity contribution in [2.45, 2.75) is 0 Å². The molecule has 3 N–H and O–H groups in total. The Balaban J connectivity index is -0.000000360. The summed E-state index contributed by atoms with van der Waals surface area (Å²) in [6.45, 7) is 2.76. The van der Waals surface area contributed by atoms with Crippen LogP contribution in [0.1, 0.15) is 0 Å². The molecular weight excluding hydrogens is 260 g/mol. The van der Waals surface area contributed by atoms with Gasteiger partial charge in [0.15, 0.2) is 0 Å². The van der Waals surface area contributed by atoms with Crippen molar-refractivity contribution in [3.63, 3.8) is 0 Å². The highest BCUT2D eigenvalue weighted by Crippen LogP contribution is 1.80. The Kier molecular flexibility index (Phi) is 35.6. The number of aliphatic hydroxyl groups excluding tert-OH is 2. The summed E-state index contributed by atoms with van der Waals surface area (Å²) in [5.41, 5.74) is 25.8. The van der Waals surface area contributed by atoms with Gasteiger partial charge in [-0.2, -0.15) is 0 Å². The minimum atomic E-state index is 0.0413. The fourth-order valence-corrected chi connectivity index (χ4v) is 0.671. The molecule has 0 bridgehead atoms. The molecule has 0 saturated carbocycles. The van der Waals surface area contributed by atoms with Crippen molar-refractivity contribution in [2.24, 2.45) is 0 Å². The van der Waals surface area contributed by atoms with Crippen LogP contribution in [0.25, 0.3) is 26.4 Å². The van der Waals surface area contributed by atoms with Crippen LogP contribution in [0.15, 0.2) is 0 Å². The van der Waals surface area contributed by atoms with Crippen LogP contribution in [-0.4, -0.2) is 63.1 Å². The molecule has 0 saturated heterocycles. The zero-order chi connectivity index (χ0) is 15.2. The Morgan fingerprint density at radius 3 is 1.16 bits per heavy atom. The van der Waals surface area contributed by atoms with Gasteiger partial charge in [0.25, 0.3) is 0 Å². The molecule has 0 fully saturated rings. The van der Waals surface area contributed by atoms with E-state index in [9.17, 15) is 0 Å². The van der Waals surface area contributed by atoms with Crippen molar-refractivity contribution >= 4 is 0 Å². The van der Waals surface area contributed by atoms with Crippen LogP contribution in [0.4, 0.5) is 0 Å². The van der Waals surface area contributed by atoms with E-state index in [1.807, 2.05) is 0 Å². The van der Waals surface area contributed by atoms with Crippen LogP contribution in [-0.2, 0) is 14.2 Å². The van der Waals surface area contributed by atoms with E-state index in [0.717, 1.165) is 0 Å². The summed E-state index contributed by atoms with van der Waals surface area (Å²) in [5, 5.41) is 16.7. The lowest BCUT2D eigenvalue weighted by Crippen LogP contribution is -2.11. The van der Waals surface area contributed by atoms with Gasteiger partial charge in [0.05, 0.1) is 52.9 Å². The number of nitrogens with zero attached hydrogens (tertiary/aromatic N) is 5. The van der Waals surface area contributed by atoms with Gasteiger partial charge >= 0.3 is 0 Å². The van der Waals surface area contributed by atoms with E-state index in [1.54, 1.807) is 4.91 Å². The van der Waals surface area contributed by atoms with Gasteiger partial charge in [-0.3, -0.25) is 4.91 Å². The minimum absolute atomic E-state index is 0.0413. The maximum Gasteiger partial charge on any atom is 0.0701 e.